The molecule has 0 bridgehead atoms. The van der Waals surface area contributed by atoms with Crippen LogP contribution in [-0.4, -0.2) is 31.9 Å². The summed E-state index contributed by atoms with van der Waals surface area (Å²) in [4.78, 5) is 28.5. The zero-order valence-electron chi connectivity index (χ0n) is 16.2. The number of H-pyrrole nitrogens is 1. The van der Waals surface area contributed by atoms with Gasteiger partial charge in [0.2, 0.25) is 11.9 Å². The first-order valence-corrected chi connectivity index (χ1v) is 10.1. The van der Waals surface area contributed by atoms with E-state index in [9.17, 15) is 4.79 Å². The van der Waals surface area contributed by atoms with Gasteiger partial charge < -0.3 is 21.4 Å². The van der Waals surface area contributed by atoms with Crippen molar-refractivity contribution in [2.24, 2.45) is 5.92 Å². The Balaban J connectivity index is 1.28. The number of carbonyl (C=O) groups excluding carboxylic acids is 1. The summed E-state index contributed by atoms with van der Waals surface area (Å²) in [7, 11) is 0. The predicted octanol–water partition coefficient (Wildman–Crippen LogP) is 3.18. The highest BCUT2D eigenvalue weighted by atomic mass is 35.5. The molecule has 3 aromatic rings. The maximum Gasteiger partial charge on any atom is 0.223 e. The molecule has 29 heavy (non-hydrogen) atoms. The Morgan fingerprint density at radius 2 is 1.97 bits per heavy atom. The van der Waals surface area contributed by atoms with Crippen molar-refractivity contribution >= 4 is 40.3 Å². The number of aromatic nitrogens is 4. The summed E-state index contributed by atoms with van der Waals surface area (Å²) in [6, 6.07) is 8.04. The van der Waals surface area contributed by atoms with Crippen LogP contribution in [0.5, 0.6) is 0 Å². The Morgan fingerprint density at radius 1 is 1.21 bits per heavy atom. The largest absolute Gasteiger partial charge is 0.368 e. The summed E-state index contributed by atoms with van der Waals surface area (Å²) < 4.78 is 0. The van der Waals surface area contributed by atoms with Crippen LogP contribution in [0.25, 0.3) is 11.0 Å². The number of halogens is 1. The van der Waals surface area contributed by atoms with E-state index in [1.165, 1.54) is 0 Å². The van der Waals surface area contributed by atoms with Gasteiger partial charge in [0, 0.05) is 12.0 Å². The zero-order chi connectivity index (χ0) is 20.4. The van der Waals surface area contributed by atoms with Crippen molar-refractivity contribution in [3.63, 3.8) is 0 Å². The van der Waals surface area contributed by atoms with Crippen LogP contribution in [-0.2, 0) is 11.3 Å². The topological polar surface area (TPSA) is 122 Å². The highest BCUT2D eigenvalue weighted by Gasteiger charge is 2.27. The summed E-state index contributed by atoms with van der Waals surface area (Å²) in [6.45, 7) is 2.20. The van der Waals surface area contributed by atoms with E-state index < -0.39 is 0 Å². The molecule has 9 heteroatoms. The van der Waals surface area contributed by atoms with Crippen LogP contribution in [0.4, 0.5) is 11.8 Å². The van der Waals surface area contributed by atoms with E-state index in [2.05, 4.69) is 30.6 Å². The molecule has 1 aromatic carbocycles. The van der Waals surface area contributed by atoms with Crippen LogP contribution >= 0.6 is 11.6 Å². The number of nitrogen functional groups attached to an aromatic ring is 1. The number of hydrogen-bond donors (Lipinski definition) is 4. The van der Waals surface area contributed by atoms with Gasteiger partial charge in [0.05, 0.1) is 23.3 Å². The molecule has 5 N–H and O–H groups in total. The molecule has 2 aromatic heterocycles. The molecular formula is C20H24ClN7O. The van der Waals surface area contributed by atoms with Crippen molar-refractivity contribution < 1.29 is 4.79 Å². The SMILES string of the molecule is Cc1nc(N)nc(NC2CCC(C(=O)NCc3nc4ccccc4[nH]3)CC2)c1Cl. The summed E-state index contributed by atoms with van der Waals surface area (Å²) in [5, 5.41) is 6.85. The van der Waals surface area contributed by atoms with Gasteiger partial charge in [-0.15, -0.1) is 0 Å². The third kappa shape index (κ3) is 4.42. The van der Waals surface area contributed by atoms with E-state index in [1.54, 1.807) is 6.92 Å². The monoisotopic (exact) mass is 413 g/mol. The number of nitrogens with two attached hydrogens (primary N) is 1. The van der Waals surface area contributed by atoms with Crippen molar-refractivity contribution in [2.75, 3.05) is 11.1 Å². The zero-order valence-corrected chi connectivity index (χ0v) is 17.0. The fourth-order valence-electron chi connectivity index (χ4n) is 3.77. The minimum absolute atomic E-state index is 0.00473. The molecule has 1 aliphatic rings. The number of fused-ring (bicyclic) bond motifs is 1. The molecule has 0 saturated heterocycles. The van der Waals surface area contributed by atoms with Crippen molar-refractivity contribution in [2.45, 2.75) is 45.2 Å². The molecule has 0 spiro atoms. The quantitative estimate of drug-likeness (QED) is 0.509. The lowest BCUT2D eigenvalue weighted by atomic mass is 9.85. The number of aromatic amines is 1. The highest BCUT2D eigenvalue weighted by molar-refractivity contribution is 6.33. The number of rotatable bonds is 5. The molecule has 2 heterocycles. The van der Waals surface area contributed by atoms with E-state index in [1.807, 2.05) is 24.3 Å². The van der Waals surface area contributed by atoms with Crippen molar-refractivity contribution in [1.29, 1.82) is 0 Å². The standard InChI is InChI=1S/C20H24ClN7O/c1-11-17(21)18(28-20(22)24-11)25-13-8-6-12(7-9-13)19(29)23-10-16-26-14-4-2-3-5-15(14)27-16/h2-5,12-13H,6-10H2,1H3,(H,23,29)(H,26,27)(H3,22,24,25,28). The van der Waals surface area contributed by atoms with Crippen LogP contribution in [0, 0.1) is 12.8 Å². The number of benzene rings is 1. The van der Waals surface area contributed by atoms with Gasteiger partial charge in [0.15, 0.2) is 5.82 Å². The number of carbonyl (C=O) groups is 1. The van der Waals surface area contributed by atoms with Gasteiger partial charge in [-0.1, -0.05) is 23.7 Å². The molecule has 1 fully saturated rings. The molecule has 8 nitrogen and oxygen atoms in total. The number of hydrogen-bond acceptors (Lipinski definition) is 6. The number of aryl methyl sites for hydroxylation is 1. The lowest BCUT2D eigenvalue weighted by Crippen LogP contribution is -2.36. The first kappa shape index (κ1) is 19.4. The number of imidazole rings is 1. The fourth-order valence-corrected chi connectivity index (χ4v) is 3.91. The van der Waals surface area contributed by atoms with Crippen LogP contribution < -0.4 is 16.4 Å². The molecule has 0 radical (unpaired) electrons. The Morgan fingerprint density at radius 3 is 2.72 bits per heavy atom. The summed E-state index contributed by atoms with van der Waals surface area (Å²) in [6.07, 6.45) is 3.34. The van der Waals surface area contributed by atoms with Gasteiger partial charge in [-0.2, -0.15) is 4.98 Å². The maximum atomic E-state index is 12.6. The van der Waals surface area contributed by atoms with Crippen molar-refractivity contribution in [3.05, 3.63) is 40.8 Å². The lowest BCUT2D eigenvalue weighted by molar-refractivity contribution is -0.126. The van der Waals surface area contributed by atoms with E-state index >= 15 is 0 Å². The Hall–Kier alpha value is -2.87. The second-order valence-corrected chi connectivity index (χ2v) is 7.82. The molecule has 0 unspecified atom stereocenters. The van der Waals surface area contributed by atoms with E-state index in [-0.39, 0.29) is 23.8 Å². The van der Waals surface area contributed by atoms with Gasteiger partial charge in [0.1, 0.15) is 10.8 Å². The molecule has 152 valence electrons. The van der Waals surface area contributed by atoms with E-state index in [4.69, 9.17) is 17.3 Å². The predicted molar refractivity (Wildman–Crippen MR) is 114 cm³/mol. The molecule has 4 rings (SSSR count). The van der Waals surface area contributed by atoms with Gasteiger partial charge in [-0.3, -0.25) is 4.79 Å². The fraction of sp³-hybridized carbons (Fsp3) is 0.400. The summed E-state index contributed by atoms with van der Waals surface area (Å²) >= 11 is 6.28. The van der Waals surface area contributed by atoms with Gasteiger partial charge >= 0.3 is 0 Å². The third-order valence-electron chi connectivity index (χ3n) is 5.34. The van der Waals surface area contributed by atoms with Gasteiger partial charge in [0.25, 0.3) is 0 Å². The highest BCUT2D eigenvalue weighted by Crippen LogP contribution is 2.29. The Bertz CT molecular complexity index is 994. The second-order valence-electron chi connectivity index (χ2n) is 7.44. The van der Waals surface area contributed by atoms with Crippen molar-refractivity contribution in [1.82, 2.24) is 25.3 Å². The lowest BCUT2D eigenvalue weighted by Gasteiger charge is -2.29. The van der Waals surface area contributed by atoms with E-state index in [0.717, 1.165) is 42.5 Å². The third-order valence-corrected chi connectivity index (χ3v) is 5.79. The van der Waals surface area contributed by atoms with Crippen molar-refractivity contribution in [3.8, 4) is 0 Å². The smallest absolute Gasteiger partial charge is 0.223 e. The average Bonchev–Trinajstić information content (AvgIpc) is 3.13. The normalized spacial score (nSPS) is 19.2. The molecular weight excluding hydrogens is 390 g/mol. The molecule has 1 aliphatic carbocycles. The van der Waals surface area contributed by atoms with Crippen LogP contribution in [0.2, 0.25) is 5.02 Å². The summed E-state index contributed by atoms with van der Waals surface area (Å²) in [5.41, 5.74) is 8.25. The van der Waals surface area contributed by atoms with Crippen LogP contribution in [0.15, 0.2) is 24.3 Å². The second kappa shape index (κ2) is 8.24. The number of nitrogens with zero attached hydrogens (tertiary/aromatic N) is 3. The van der Waals surface area contributed by atoms with Crippen LogP contribution in [0.1, 0.15) is 37.2 Å². The Labute approximate surface area is 173 Å². The maximum absolute atomic E-state index is 12.6. The molecule has 1 amide bonds. The number of nitrogens with one attached hydrogen (secondary N) is 3. The minimum Gasteiger partial charge on any atom is -0.368 e. The first-order valence-electron chi connectivity index (χ1n) is 9.77. The Kier molecular flexibility index (Phi) is 5.53. The van der Waals surface area contributed by atoms with Crippen LogP contribution in [0.3, 0.4) is 0 Å². The van der Waals surface area contributed by atoms with Gasteiger partial charge in [-0.25, -0.2) is 9.97 Å². The molecule has 1 saturated carbocycles. The number of anilines is 2. The first-order chi connectivity index (χ1) is 14.0. The molecule has 0 atom stereocenters. The number of para-hydroxylation sites is 2. The van der Waals surface area contributed by atoms with Gasteiger partial charge in [-0.05, 0) is 44.7 Å². The number of amides is 1. The minimum atomic E-state index is 0.00473. The average molecular weight is 414 g/mol. The van der Waals surface area contributed by atoms with E-state index in [0.29, 0.717) is 23.1 Å². The summed E-state index contributed by atoms with van der Waals surface area (Å²) in [5.74, 6) is 1.61. The molecule has 0 aliphatic heterocycles.